The van der Waals surface area contributed by atoms with Crippen LogP contribution in [0, 0.1) is 12.8 Å². The van der Waals surface area contributed by atoms with E-state index in [-0.39, 0.29) is 24.3 Å². The predicted octanol–water partition coefficient (Wildman–Crippen LogP) is 2.96. The van der Waals surface area contributed by atoms with Crippen molar-refractivity contribution in [3.63, 3.8) is 0 Å². The second-order valence-electron chi connectivity index (χ2n) is 6.06. The number of nitrogens with one attached hydrogen (secondary N) is 2. The van der Waals surface area contributed by atoms with Gasteiger partial charge in [-0.05, 0) is 37.5 Å². The Bertz CT molecular complexity index is 625. The van der Waals surface area contributed by atoms with Crippen LogP contribution >= 0.6 is 0 Å². The van der Waals surface area contributed by atoms with Crippen LogP contribution < -0.4 is 10.6 Å². The summed E-state index contributed by atoms with van der Waals surface area (Å²) in [7, 11) is 0. The molecule has 1 aliphatic rings. The largest absolute Gasteiger partial charge is 0.326 e. The molecule has 0 unspecified atom stereocenters. The number of benzene rings is 1. The fraction of sp³-hybridized carbons (Fsp3) is 0.368. The van der Waals surface area contributed by atoms with Gasteiger partial charge >= 0.3 is 0 Å². The van der Waals surface area contributed by atoms with Crippen LogP contribution in [0.25, 0.3) is 0 Å². The van der Waals surface area contributed by atoms with Gasteiger partial charge in [-0.25, -0.2) is 0 Å². The molecule has 1 fully saturated rings. The highest BCUT2D eigenvalue weighted by molar-refractivity contribution is 5.97. The summed E-state index contributed by atoms with van der Waals surface area (Å²) < 4.78 is 0. The van der Waals surface area contributed by atoms with Gasteiger partial charge in [0.1, 0.15) is 0 Å². The van der Waals surface area contributed by atoms with Gasteiger partial charge in [0.25, 0.3) is 0 Å². The van der Waals surface area contributed by atoms with Gasteiger partial charge in [0.2, 0.25) is 11.8 Å². The van der Waals surface area contributed by atoms with Gasteiger partial charge in [-0.2, -0.15) is 0 Å². The molecule has 1 aromatic carbocycles. The molecule has 0 atom stereocenters. The predicted molar refractivity (Wildman–Crippen MR) is 98.0 cm³/mol. The Morgan fingerprint density at radius 1 is 1.17 bits per heavy atom. The van der Waals surface area contributed by atoms with Crippen molar-refractivity contribution in [3.8, 4) is 0 Å². The Balaban J connectivity index is 2.00. The lowest BCUT2D eigenvalue weighted by molar-refractivity contribution is -0.118. The van der Waals surface area contributed by atoms with Crippen molar-refractivity contribution in [2.24, 2.45) is 5.92 Å². The van der Waals surface area contributed by atoms with E-state index in [0.29, 0.717) is 18.8 Å². The third kappa shape index (κ3) is 5.06. The monoisotopic (exact) mass is 327 g/mol. The second kappa shape index (κ2) is 8.45. The van der Waals surface area contributed by atoms with E-state index in [1.807, 2.05) is 30.0 Å². The van der Waals surface area contributed by atoms with E-state index in [1.165, 1.54) is 0 Å². The van der Waals surface area contributed by atoms with Crippen LogP contribution in [0.3, 0.4) is 0 Å². The lowest BCUT2D eigenvalue weighted by atomic mass is 10.1. The summed E-state index contributed by atoms with van der Waals surface area (Å²) in [5, 5.41) is 5.86. The Labute approximate surface area is 143 Å². The average Bonchev–Trinajstić information content (AvgIpc) is 3.36. The van der Waals surface area contributed by atoms with Gasteiger partial charge in [-0.3, -0.25) is 14.5 Å². The smallest absolute Gasteiger partial charge is 0.238 e. The molecule has 0 aliphatic heterocycles. The topological polar surface area (TPSA) is 61.4 Å². The quantitative estimate of drug-likeness (QED) is 0.686. The zero-order valence-corrected chi connectivity index (χ0v) is 14.2. The molecule has 0 aromatic heterocycles. The van der Waals surface area contributed by atoms with Crippen molar-refractivity contribution < 1.29 is 9.59 Å². The molecule has 2 rings (SSSR count). The Morgan fingerprint density at radius 2 is 1.75 bits per heavy atom. The first-order valence-corrected chi connectivity index (χ1v) is 8.19. The summed E-state index contributed by atoms with van der Waals surface area (Å²) in [6.07, 6.45) is 5.44. The Kier molecular flexibility index (Phi) is 6.32. The SMILES string of the molecule is C=CCN(CC=C)CC(=O)Nc1cccc(NC(=O)C2CC2)c1C. The minimum absolute atomic E-state index is 0.0599. The Morgan fingerprint density at radius 3 is 2.29 bits per heavy atom. The number of anilines is 2. The van der Waals surface area contributed by atoms with Crippen LogP contribution in [0.2, 0.25) is 0 Å². The van der Waals surface area contributed by atoms with Crippen LogP contribution in [0.5, 0.6) is 0 Å². The van der Waals surface area contributed by atoms with Gasteiger partial charge in [-0.15, -0.1) is 13.2 Å². The van der Waals surface area contributed by atoms with Crippen LogP contribution in [0.1, 0.15) is 18.4 Å². The van der Waals surface area contributed by atoms with Crippen molar-refractivity contribution >= 4 is 23.2 Å². The lowest BCUT2D eigenvalue weighted by Gasteiger charge is -2.19. The maximum atomic E-state index is 12.3. The van der Waals surface area contributed by atoms with Crippen LogP contribution in [0.4, 0.5) is 11.4 Å². The molecule has 1 aromatic rings. The summed E-state index contributed by atoms with van der Waals surface area (Å²) >= 11 is 0. The summed E-state index contributed by atoms with van der Waals surface area (Å²) in [5.74, 6) is 0.103. The number of hydrogen-bond donors (Lipinski definition) is 2. The summed E-state index contributed by atoms with van der Waals surface area (Å²) in [6.45, 7) is 10.8. The van der Waals surface area contributed by atoms with Crippen molar-refractivity contribution in [2.45, 2.75) is 19.8 Å². The molecular weight excluding hydrogens is 302 g/mol. The summed E-state index contributed by atoms with van der Waals surface area (Å²) in [5.41, 5.74) is 2.32. The van der Waals surface area contributed by atoms with Gasteiger partial charge in [0.15, 0.2) is 0 Å². The zero-order chi connectivity index (χ0) is 17.5. The van der Waals surface area contributed by atoms with Gasteiger partial charge in [0, 0.05) is 30.4 Å². The van der Waals surface area contributed by atoms with Gasteiger partial charge < -0.3 is 10.6 Å². The van der Waals surface area contributed by atoms with Crippen molar-refractivity contribution in [1.82, 2.24) is 4.90 Å². The first kappa shape index (κ1) is 17.9. The third-order valence-electron chi connectivity index (χ3n) is 3.96. The molecule has 2 N–H and O–H groups in total. The molecule has 1 saturated carbocycles. The van der Waals surface area contributed by atoms with E-state index >= 15 is 0 Å². The highest BCUT2D eigenvalue weighted by Gasteiger charge is 2.29. The van der Waals surface area contributed by atoms with E-state index < -0.39 is 0 Å². The molecule has 0 radical (unpaired) electrons. The summed E-state index contributed by atoms with van der Waals surface area (Å²) in [4.78, 5) is 26.1. The highest BCUT2D eigenvalue weighted by Crippen LogP contribution is 2.31. The number of carbonyl (C=O) groups is 2. The first-order valence-electron chi connectivity index (χ1n) is 8.19. The first-order chi connectivity index (χ1) is 11.5. The average molecular weight is 327 g/mol. The van der Waals surface area contributed by atoms with Crippen LogP contribution in [-0.2, 0) is 9.59 Å². The van der Waals surface area contributed by atoms with E-state index in [9.17, 15) is 9.59 Å². The fourth-order valence-corrected chi connectivity index (χ4v) is 2.45. The third-order valence-corrected chi connectivity index (χ3v) is 3.96. The molecule has 2 amide bonds. The maximum absolute atomic E-state index is 12.3. The van der Waals surface area contributed by atoms with Gasteiger partial charge in [0.05, 0.1) is 6.54 Å². The zero-order valence-electron chi connectivity index (χ0n) is 14.2. The fourth-order valence-electron chi connectivity index (χ4n) is 2.45. The number of amides is 2. The van der Waals surface area contributed by atoms with Gasteiger partial charge in [-0.1, -0.05) is 18.2 Å². The molecule has 128 valence electrons. The number of nitrogens with zero attached hydrogens (tertiary/aromatic N) is 1. The van der Waals surface area contributed by atoms with Crippen molar-refractivity contribution in [1.29, 1.82) is 0 Å². The highest BCUT2D eigenvalue weighted by atomic mass is 16.2. The van der Waals surface area contributed by atoms with Crippen molar-refractivity contribution in [3.05, 3.63) is 49.1 Å². The van der Waals surface area contributed by atoms with E-state index in [2.05, 4.69) is 23.8 Å². The number of carbonyl (C=O) groups excluding carboxylic acids is 2. The molecule has 5 heteroatoms. The van der Waals surface area contributed by atoms with Crippen molar-refractivity contribution in [2.75, 3.05) is 30.3 Å². The molecule has 0 spiro atoms. The molecule has 0 saturated heterocycles. The van der Waals surface area contributed by atoms with E-state index in [1.54, 1.807) is 12.2 Å². The summed E-state index contributed by atoms with van der Waals surface area (Å²) in [6, 6.07) is 5.52. The number of hydrogen-bond acceptors (Lipinski definition) is 3. The Hall–Kier alpha value is -2.40. The minimum atomic E-state index is -0.104. The molecule has 0 heterocycles. The van der Waals surface area contributed by atoms with Crippen LogP contribution in [-0.4, -0.2) is 36.3 Å². The minimum Gasteiger partial charge on any atom is -0.326 e. The maximum Gasteiger partial charge on any atom is 0.238 e. The normalized spacial score (nSPS) is 13.4. The van der Waals surface area contributed by atoms with E-state index in [4.69, 9.17) is 0 Å². The molecule has 1 aliphatic carbocycles. The second-order valence-corrected chi connectivity index (χ2v) is 6.06. The van der Waals surface area contributed by atoms with E-state index in [0.717, 1.165) is 24.1 Å². The number of rotatable bonds is 9. The molecule has 24 heavy (non-hydrogen) atoms. The molecule has 5 nitrogen and oxygen atoms in total. The van der Waals surface area contributed by atoms with Crippen LogP contribution in [0.15, 0.2) is 43.5 Å². The lowest BCUT2D eigenvalue weighted by Crippen LogP contribution is -2.33. The standard InChI is InChI=1S/C19H25N3O2/c1-4-11-22(12-5-2)13-18(23)20-16-7-6-8-17(14(16)3)21-19(24)15-9-10-15/h4-8,15H,1-2,9-13H2,3H3,(H,20,23)(H,21,24). The molecular formula is C19H25N3O2. The molecule has 0 bridgehead atoms.